The Balaban J connectivity index is 2.04. The number of hydrogen-bond donors (Lipinski definition) is 1. The van der Waals surface area contributed by atoms with Gasteiger partial charge in [-0.1, -0.05) is 11.6 Å². The van der Waals surface area contributed by atoms with Crippen LogP contribution in [-0.2, 0) is 0 Å². The van der Waals surface area contributed by atoms with Crippen molar-refractivity contribution in [2.75, 3.05) is 13.1 Å². The number of nitrogens with zero attached hydrogens (tertiary/aromatic N) is 2. The van der Waals surface area contributed by atoms with E-state index in [-0.39, 0.29) is 11.4 Å². The van der Waals surface area contributed by atoms with Crippen molar-refractivity contribution in [2.24, 2.45) is 0 Å². The van der Waals surface area contributed by atoms with Crippen molar-refractivity contribution in [1.82, 2.24) is 15.2 Å². The van der Waals surface area contributed by atoms with E-state index in [9.17, 15) is 4.79 Å². The summed E-state index contributed by atoms with van der Waals surface area (Å²) < 4.78 is 0. The smallest absolute Gasteiger partial charge is 0.271 e. The van der Waals surface area contributed by atoms with Gasteiger partial charge in [0.1, 0.15) is 5.69 Å². The Morgan fingerprint density at radius 1 is 1.38 bits per heavy atom. The molecular weight excluding hydrogens is 286 g/mol. The maximum atomic E-state index is 12.4. The number of amides is 1. The van der Waals surface area contributed by atoms with E-state index >= 15 is 0 Å². The number of carbonyl (C=O) groups is 1. The van der Waals surface area contributed by atoms with Crippen molar-refractivity contribution in [3.05, 3.63) is 28.5 Å². The van der Waals surface area contributed by atoms with E-state index in [2.05, 4.69) is 36.0 Å². The van der Waals surface area contributed by atoms with E-state index in [0.717, 1.165) is 31.6 Å². The van der Waals surface area contributed by atoms with E-state index < -0.39 is 0 Å². The second-order valence-corrected chi connectivity index (χ2v) is 6.83. The highest BCUT2D eigenvalue weighted by Gasteiger charge is 2.33. The molecule has 4 nitrogen and oxygen atoms in total. The maximum Gasteiger partial charge on any atom is 0.271 e. The summed E-state index contributed by atoms with van der Waals surface area (Å²) in [5.74, 6) is -0.177. The Morgan fingerprint density at radius 3 is 2.57 bits per heavy atom. The van der Waals surface area contributed by atoms with Crippen molar-refractivity contribution in [1.29, 1.82) is 0 Å². The fourth-order valence-corrected chi connectivity index (χ4v) is 2.88. The van der Waals surface area contributed by atoms with Crippen LogP contribution in [-0.4, -0.2) is 40.5 Å². The predicted octanol–water partition coefficient (Wildman–Crippen LogP) is 3.04. The Labute approximate surface area is 131 Å². The number of rotatable bonds is 3. The zero-order chi connectivity index (χ0) is 15.6. The quantitative estimate of drug-likeness (QED) is 0.933. The molecule has 0 spiro atoms. The monoisotopic (exact) mass is 309 g/mol. The van der Waals surface area contributed by atoms with Gasteiger partial charge in [0.15, 0.2) is 0 Å². The van der Waals surface area contributed by atoms with Crippen LogP contribution in [0.15, 0.2) is 12.1 Å². The molecule has 1 fully saturated rings. The molecule has 2 heterocycles. The summed E-state index contributed by atoms with van der Waals surface area (Å²) in [5.41, 5.74) is 0.936. The largest absolute Gasteiger partial charge is 0.345 e. The first-order valence-electron chi connectivity index (χ1n) is 7.50. The second kappa shape index (κ2) is 6.32. The number of likely N-dealkylation sites (tertiary alicyclic amines) is 1. The van der Waals surface area contributed by atoms with Crippen LogP contribution in [0.3, 0.4) is 0 Å². The standard InChI is InChI=1S/C16H24ClN3O/c1-11(2)20-9-7-16(4,8-10-20)19-15(21)14-13(17)6-5-12(3)18-14/h5-6,11H,7-10H2,1-4H3,(H,19,21). The number of carbonyl (C=O) groups excluding carboxylic acids is 1. The molecule has 1 aromatic heterocycles. The van der Waals surface area contributed by atoms with Crippen molar-refractivity contribution in [3.63, 3.8) is 0 Å². The van der Waals surface area contributed by atoms with E-state index in [1.54, 1.807) is 6.07 Å². The third kappa shape index (κ3) is 3.95. The first kappa shape index (κ1) is 16.2. The normalized spacial score (nSPS) is 18.8. The minimum atomic E-state index is -0.183. The summed E-state index contributed by atoms with van der Waals surface area (Å²) in [6, 6.07) is 4.09. The zero-order valence-electron chi connectivity index (χ0n) is 13.2. The SMILES string of the molecule is Cc1ccc(Cl)c(C(=O)NC2(C)CCN(C(C)C)CC2)n1. The third-order valence-corrected chi connectivity index (χ3v) is 4.55. The average molecular weight is 310 g/mol. The number of aryl methyl sites for hydroxylation is 1. The molecule has 5 heteroatoms. The van der Waals surface area contributed by atoms with E-state index in [1.165, 1.54) is 0 Å². The number of halogens is 1. The predicted molar refractivity (Wildman–Crippen MR) is 85.8 cm³/mol. The fourth-order valence-electron chi connectivity index (χ4n) is 2.69. The van der Waals surface area contributed by atoms with Crippen LogP contribution in [0, 0.1) is 6.92 Å². The summed E-state index contributed by atoms with van der Waals surface area (Å²) >= 11 is 6.09. The summed E-state index contributed by atoms with van der Waals surface area (Å²) in [6.07, 6.45) is 1.89. The number of piperidine rings is 1. The van der Waals surface area contributed by atoms with E-state index in [1.807, 2.05) is 13.0 Å². The Kier molecular flexibility index (Phi) is 4.89. The number of pyridine rings is 1. The molecule has 0 unspecified atom stereocenters. The first-order chi connectivity index (χ1) is 9.81. The molecule has 0 atom stereocenters. The van der Waals surface area contributed by atoms with Crippen LogP contribution < -0.4 is 5.32 Å². The molecule has 116 valence electrons. The lowest BCUT2D eigenvalue weighted by atomic mass is 9.89. The summed E-state index contributed by atoms with van der Waals surface area (Å²) in [4.78, 5) is 19.1. The molecule has 1 amide bonds. The minimum Gasteiger partial charge on any atom is -0.345 e. The molecule has 0 bridgehead atoms. The molecule has 1 aliphatic heterocycles. The number of nitrogens with one attached hydrogen (secondary N) is 1. The Hall–Kier alpha value is -1.13. The zero-order valence-corrected chi connectivity index (χ0v) is 14.0. The Morgan fingerprint density at radius 2 is 2.00 bits per heavy atom. The third-order valence-electron chi connectivity index (χ3n) is 4.25. The minimum absolute atomic E-state index is 0.177. The molecule has 2 rings (SSSR count). The number of aromatic nitrogens is 1. The maximum absolute atomic E-state index is 12.4. The van der Waals surface area contributed by atoms with E-state index in [4.69, 9.17) is 11.6 Å². The molecule has 1 N–H and O–H groups in total. The highest BCUT2D eigenvalue weighted by molar-refractivity contribution is 6.33. The highest BCUT2D eigenvalue weighted by Crippen LogP contribution is 2.24. The fraction of sp³-hybridized carbons (Fsp3) is 0.625. The molecule has 1 aromatic rings. The molecule has 21 heavy (non-hydrogen) atoms. The van der Waals surface area contributed by atoms with Crippen LogP contribution in [0.5, 0.6) is 0 Å². The summed E-state index contributed by atoms with van der Waals surface area (Å²) in [7, 11) is 0. The second-order valence-electron chi connectivity index (χ2n) is 6.43. The van der Waals surface area contributed by atoms with Gasteiger partial charge in [-0.3, -0.25) is 4.79 Å². The summed E-state index contributed by atoms with van der Waals surface area (Å²) in [5, 5.41) is 3.53. The lowest BCUT2D eigenvalue weighted by Gasteiger charge is -2.41. The van der Waals surface area contributed by atoms with Gasteiger partial charge in [-0.15, -0.1) is 0 Å². The molecule has 0 aromatic carbocycles. The van der Waals surface area contributed by atoms with Crippen LogP contribution in [0.2, 0.25) is 5.02 Å². The van der Waals surface area contributed by atoms with Crippen molar-refractivity contribution in [3.8, 4) is 0 Å². The van der Waals surface area contributed by atoms with Gasteiger partial charge in [0, 0.05) is 30.4 Å². The lowest BCUT2D eigenvalue weighted by molar-refractivity contribution is 0.0797. The van der Waals surface area contributed by atoms with Crippen LogP contribution >= 0.6 is 11.6 Å². The average Bonchev–Trinajstić information content (AvgIpc) is 2.41. The van der Waals surface area contributed by atoms with Crippen LogP contribution in [0.4, 0.5) is 0 Å². The first-order valence-corrected chi connectivity index (χ1v) is 7.88. The molecule has 0 aliphatic carbocycles. The molecule has 1 aliphatic rings. The number of hydrogen-bond acceptors (Lipinski definition) is 3. The van der Waals surface area contributed by atoms with Crippen molar-refractivity contribution < 1.29 is 4.79 Å². The van der Waals surface area contributed by atoms with Gasteiger partial charge in [-0.05, 0) is 52.7 Å². The van der Waals surface area contributed by atoms with Crippen molar-refractivity contribution in [2.45, 2.75) is 52.1 Å². The Bertz CT molecular complexity index is 522. The van der Waals surface area contributed by atoms with E-state index in [0.29, 0.717) is 16.8 Å². The summed E-state index contributed by atoms with van der Waals surface area (Å²) in [6.45, 7) is 10.4. The molecular formula is C16H24ClN3O. The molecule has 0 radical (unpaired) electrons. The van der Waals surface area contributed by atoms with Gasteiger partial charge in [-0.25, -0.2) is 4.98 Å². The molecule has 0 saturated carbocycles. The van der Waals surface area contributed by atoms with Gasteiger partial charge < -0.3 is 10.2 Å². The molecule has 1 saturated heterocycles. The van der Waals surface area contributed by atoms with Gasteiger partial charge in [0.2, 0.25) is 0 Å². The lowest BCUT2D eigenvalue weighted by Crippen LogP contribution is -2.54. The van der Waals surface area contributed by atoms with Crippen LogP contribution in [0.25, 0.3) is 0 Å². The van der Waals surface area contributed by atoms with Gasteiger partial charge in [-0.2, -0.15) is 0 Å². The van der Waals surface area contributed by atoms with Gasteiger partial charge >= 0.3 is 0 Å². The highest BCUT2D eigenvalue weighted by atomic mass is 35.5. The van der Waals surface area contributed by atoms with Gasteiger partial charge in [0.25, 0.3) is 5.91 Å². The topological polar surface area (TPSA) is 45.2 Å². The van der Waals surface area contributed by atoms with Crippen molar-refractivity contribution >= 4 is 17.5 Å². The van der Waals surface area contributed by atoms with Gasteiger partial charge in [0.05, 0.1) is 5.02 Å². The van der Waals surface area contributed by atoms with Crippen LogP contribution in [0.1, 0.15) is 49.8 Å².